The highest BCUT2D eigenvalue weighted by molar-refractivity contribution is 6.30. The number of hydrogen-bond acceptors (Lipinski definition) is 2. The highest BCUT2D eigenvalue weighted by Crippen LogP contribution is 2.26. The average molecular weight is 208 g/mol. The number of Topliss-reactive ketones (excluding diaryl/α,β-unsaturated/α-hetero) is 1. The first-order valence-corrected chi connectivity index (χ1v) is 4.75. The van der Waals surface area contributed by atoms with Crippen molar-refractivity contribution >= 4 is 29.0 Å². The van der Waals surface area contributed by atoms with Crippen LogP contribution in [-0.4, -0.2) is 17.7 Å². The van der Waals surface area contributed by atoms with E-state index in [9.17, 15) is 4.79 Å². The van der Waals surface area contributed by atoms with E-state index >= 15 is 0 Å². The maximum absolute atomic E-state index is 11.2. The first kappa shape index (κ1) is 10.0. The lowest BCUT2D eigenvalue weighted by Gasteiger charge is -2.24. The van der Waals surface area contributed by atoms with Crippen LogP contribution in [0.1, 0.15) is 12.8 Å². The summed E-state index contributed by atoms with van der Waals surface area (Å²) in [5, 5.41) is 0.722. The Morgan fingerprint density at radius 2 is 2.42 bits per heavy atom. The lowest BCUT2D eigenvalue weighted by atomic mass is 9.87. The molecule has 2 nitrogen and oxygen atoms in total. The zero-order valence-electron chi connectivity index (χ0n) is 6.59. The van der Waals surface area contributed by atoms with Crippen LogP contribution in [0.2, 0.25) is 0 Å². The summed E-state index contributed by atoms with van der Waals surface area (Å²) in [5.74, 6) is -0.155. The number of rotatable bonds is 2. The summed E-state index contributed by atoms with van der Waals surface area (Å²) in [6.07, 6.45) is 3.09. The molecule has 1 aliphatic rings. The van der Waals surface area contributed by atoms with Gasteiger partial charge < -0.3 is 5.73 Å². The van der Waals surface area contributed by atoms with Crippen molar-refractivity contribution in [2.24, 2.45) is 11.7 Å². The van der Waals surface area contributed by atoms with Crippen molar-refractivity contribution in [1.82, 2.24) is 0 Å². The van der Waals surface area contributed by atoms with Gasteiger partial charge in [-0.3, -0.25) is 4.79 Å². The Morgan fingerprint density at radius 3 is 3.00 bits per heavy atom. The maximum Gasteiger partial charge on any atom is 0.152 e. The second-order valence-electron chi connectivity index (χ2n) is 2.96. The minimum atomic E-state index is -0.181. The molecule has 2 atom stereocenters. The number of nitrogens with two attached hydrogens (primary N) is 1. The minimum absolute atomic E-state index is 0.00424. The highest BCUT2D eigenvalue weighted by Gasteiger charge is 2.27. The number of ketones is 1. The summed E-state index contributed by atoms with van der Waals surface area (Å²) in [6.45, 7) is 0. The quantitative estimate of drug-likeness (QED) is 0.701. The third-order valence-electron chi connectivity index (χ3n) is 2.09. The molecular formula is C8H11Cl2NO. The normalized spacial score (nSPS) is 29.8. The molecule has 0 bridgehead atoms. The third-order valence-corrected chi connectivity index (χ3v) is 2.66. The van der Waals surface area contributed by atoms with E-state index in [1.54, 1.807) is 0 Å². The Bertz CT molecular complexity index is 215. The number of carbonyl (C=O) groups is 1. The molecule has 1 aliphatic carbocycles. The number of carbonyl (C=O) groups excluding carboxylic acids is 1. The molecule has 0 radical (unpaired) electrons. The molecule has 0 saturated heterocycles. The van der Waals surface area contributed by atoms with Crippen molar-refractivity contribution in [2.75, 3.05) is 5.88 Å². The van der Waals surface area contributed by atoms with Crippen molar-refractivity contribution in [3.63, 3.8) is 0 Å². The fourth-order valence-electron chi connectivity index (χ4n) is 1.32. The van der Waals surface area contributed by atoms with Crippen LogP contribution in [-0.2, 0) is 4.79 Å². The number of halogens is 2. The summed E-state index contributed by atoms with van der Waals surface area (Å²) < 4.78 is 0. The standard InChI is InChI=1S/C8H11Cl2NO/c9-4-8(12)6-3-5(10)1-2-7(6)11/h1,6-7H,2-4,11H2/t6-,7+/m1/s1. The molecule has 1 rings (SSSR count). The van der Waals surface area contributed by atoms with E-state index in [2.05, 4.69) is 0 Å². The molecule has 0 fully saturated rings. The van der Waals surface area contributed by atoms with E-state index in [1.807, 2.05) is 6.08 Å². The number of allylic oxidation sites excluding steroid dienone is 1. The summed E-state index contributed by atoms with van der Waals surface area (Å²) in [5.41, 5.74) is 5.73. The molecule has 12 heavy (non-hydrogen) atoms. The topological polar surface area (TPSA) is 43.1 Å². The molecule has 2 N–H and O–H groups in total. The monoisotopic (exact) mass is 207 g/mol. The van der Waals surface area contributed by atoms with E-state index < -0.39 is 0 Å². The molecule has 4 heteroatoms. The zero-order valence-corrected chi connectivity index (χ0v) is 8.11. The molecule has 0 spiro atoms. The van der Waals surface area contributed by atoms with Crippen LogP contribution in [0.3, 0.4) is 0 Å². The van der Waals surface area contributed by atoms with Crippen LogP contribution in [0.15, 0.2) is 11.1 Å². The average Bonchev–Trinajstić information content (AvgIpc) is 2.08. The summed E-state index contributed by atoms with van der Waals surface area (Å²) in [7, 11) is 0. The highest BCUT2D eigenvalue weighted by atomic mass is 35.5. The predicted molar refractivity (Wildman–Crippen MR) is 50.4 cm³/mol. The van der Waals surface area contributed by atoms with Gasteiger partial charge in [-0.2, -0.15) is 0 Å². The number of hydrogen-bond donors (Lipinski definition) is 1. The second kappa shape index (κ2) is 4.26. The largest absolute Gasteiger partial charge is 0.327 e. The van der Waals surface area contributed by atoms with Gasteiger partial charge in [-0.25, -0.2) is 0 Å². The molecule has 0 aromatic heterocycles. The van der Waals surface area contributed by atoms with Gasteiger partial charge in [0.05, 0.1) is 5.88 Å². The van der Waals surface area contributed by atoms with E-state index in [-0.39, 0.29) is 23.6 Å². The van der Waals surface area contributed by atoms with Gasteiger partial charge >= 0.3 is 0 Å². The number of alkyl halides is 1. The second-order valence-corrected chi connectivity index (χ2v) is 3.71. The van der Waals surface area contributed by atoms with Gasteiger partial charge in [-0.15, -0.1) is 11.6 Å². The van der Waals surface area contributed by atoms with Crippen molar-refractivity contribution in [2.45, 2.75) is 18.9 Å². The SMILES string of the molecule is N[C@H]1CC=C(Cl)C[C@H]1C(=O)CCl. The molecule has 0 amide bonds. The predicted octanol–water partition coefficient (Wildman–Crippen LogP) is 1.65. The van der Waals surface area contributed by atoms with Gasteiger partial charge in [0, 0.05) is 17.0 Å². The third kappa shape index (κ3) is 2.22. The first-order valence-electron chi connectivity index (χ1n) is 3.84. The minimum Gasteiger partial charge on any atom is -0.327 e. The Morgan fingerprint density at radius 1 is 1.75 bits per heavy atom. The van der Waals surface area contributed by atoms with Crippen LogP contribution >= 0.6 is 23.2 Å². The fraction of sp³-hybridized carbons (Fsp3) is 0.625. The van der Waals surface area contributed by atoms with E-state index in [0.717, 1.165) is 5.03 Å². The Labute approximate surface area is 81.7 Å². The lowest BCUT2D eigenvalue weighted by Crippen LogP contribution is -2.37. The van der Waals surface area contributed by atoms with Crippen LogP contribution in [0.25, 0.3) is 0 Å². The Balaban J connectivity index is 2.65. The van der Waals surface area contributed by atoms with Gasteiger partial charge in [0.1, 0.15) is 0 Å². The molecule has 0 unspecified atom stereocenters. The summed E-state index contributed by atoms with van der Waals surface area (Å²) in [6, 6.07) is -0.112. The van der Waals surface area contributed by atoms with Gasteiger partial charge in [-0.05, 0) is 12.8 Å². The smallest absolute Gasteiger partial charge is 0.152 e. The zero-order chi connectivity index (χ0) is 9.14. The summed E-state index contributed by atoms with van der Waals surface area (Å²) in [4.78, 5) is 11.2. The first-order chi connectivity index (χ1) is 5.65. The molecule has 0 aromatic carbocycles. The van der Waals surface area contributed by atoms with Gasteiger partial charge in [0.25, 0.3) is 0 Å². The molecule has 0 aliphatic heterocycles. The van der Waals surface area contributed by atoms with E-state index in [1.165, 1.54) is 0 Å². The maximum atomic E-state index is 11.2. The molecule has 0 aromatic rings. The van der Waals surface area contributed by atoms with Crippen molar-refractivity contribution in [3.8, 4) is 0 Å². The van der Waals surface area contributed by atoms with Crippen LogP contribution < -0.4 is 5.73 Å². The molecule has 0 saturated carbocycles. The van der Waals surface area contributed by atoms with Crippen molar-refractivity contribution in [3.05, 3.63) is 11.1 Å². The van der Waals surface area contributed by atoms with Crippen LogP contribution in [0.5, 0.6) is 0 Å². The van der Waals surface area contributed by atoms with E-state index in [4.69, 9.17) is 28.9 Å². The summed E-state index contributed by atoms with van der Waals surface area (Å²) >= 11 is 11.2. The fourth-order valence-corrected chi connectivity index (χ4v) is 1.78. The van der Waals surface area contributed by atoms with Gasteiger partial charge in [-0.1, -0.05) is 17.7 Å². The molecular weight excluding hydrogens is 197 g/mol. The Hall–Kier alpha value is -0.0500. The van der Waals surface area contributed by atoms with Gasteiger partial charge in [0.2, 0.25) is 0 Å². The van der Waals surface area contributed by atoms with Gasteiger partial charge in [0.15, 0.2) is 5.78 Å². The van der Waals surface area contributed by atoms with Crippen molar-refractivity contribution in [1.29, 1.82) is 0 Å². The van der Waals surface area contributed by atoms with Crippen LogP contribution in [0.4, 0.5) is 0 Å². The van der Waals surface area contributed by atoms with Crippen molar-refractivity contribution < 1.29 is 4.79 Å². The molecule has 0 heterocycles. The Kier molecular flexibility index (Phi) is 3.56. The lowest BCUT2D eigenvalue weighted by molar-refractivity contribution is -0.121. The molecule has 68 valence electrons. The van der Waals surface area contributed by atoms with Crippen LogP contribution in [0, 0.1) is 5.92 Å². The van der Waals surface area contributed by atoms with E-state index in [0.29, 0.717) is 12.8 Å².